The summed E-state index contributed by atoms with van der Waals surface area (Å²) >= 11 is 0. The number of anilines is 2. The Morgan fingerprint density at radius 2 is 1.73 bits per heavy atom. The van der Waals surface area contributed by atoms with Gasteiger partial charge in [-0.15, -0.1) is 0 Å². The van der Waals surface area contributed by atoms with Crippen LogP contribution in [-0.2, 0) is 9.31 Å². The van der Waals surface area contributed by atoms with Gasteiger partial charge in [0.1, 0.15) is 5.75 Å². The summed E-state index contributed by atoms with van der Waals surface area (Å²) in [7, 11) is 0.856. The second-order valence-corrected chi connectivity index (χ2v) is 7.93. The third kappa shape index (κ3) is 4.39. The van der Waals surface area contributed by atoms with E-state index in [2.05, 4.69) is 10.6 Å². The highest BCUT2D eigenvalue weighted by Crippen LogP contribution is 2.36. The number of rotatable bonds is 5. The van der Waals surface area contributed by atoms with Gasteiger partial charge in [-0.1, -0.05) is 12.1 Å². The summed E-state index contributed by atoms with van der Waals surface area (Å²) in [5, 5.41) is 16.3. The molecule has 3 rings (SSSR count). The standard InChI is InChI=1S/C20H24BN3O6/c1-19(2)20(3,4)30-21(29-19)13-7-6-8-14(11-13)22-18(25)23-16-12-15(24(26)27)9-10-17(16)28-5/h6-12H,1-5H3,(H2,22,23,25). The lowest BCUT2D eigenvalue weighted by Crippen LogP contribution is -2.41. The van der Waals surface area contributed by atoms with Crippen LogP contribution in [0.1, 0.15) is 27.7 Å². The van der Waals surface area contributed by atoms with Gasteiger partial charge in [-0.3, -0.25) is 10.1 Å². The van der Waals surface area contributed by atoms with Crippen LogP contribution in [0.3, 0.4) is 0 Å². The van der Waals surface area contributed by atoms with Crippen LogP contribution in [-0.4, -0.2) is 36.4 Å². The molecular weight excluding hydrogens is 389 g/mol. The molecule has 0 spiro atoms. The highest BCUT2D eigenvalue weighted by molar-refractivity contribution is 6.62. The van der Waals surface area contributed by atoms with E-state index in [1.807, 2.05) is 33.8 Å². The highest BCUT2D eigenvalue weighted by Gasteiger charge is 2.51. The number of hydrogen-bond donors (Lipinski definition) is 2. The normalized spacial score (nSPS) is 16.8. The van der Waals surface area contributed by atoms with E-state index in [1.165, 1.54) is 25.3 Å². The number of ether oxygens (including phenoxy) is 1. The second kappa shape index (κ2) is 7.96. The summed E-state index contributed by atoms with van der Waals surface area (Å²) in [6.45, 7) is 7.87. The number of nitro benzene ring substituents is 1. The van der Waals surface area contributed by atoms with Crippen LogP contribution in [0.15, 0.2) is 42.5 Å². The maximum absolute atomic E-state index is 12.5. The average molecular weight is 413 g/mol. The highest BCUT2D eigenvalue weighted by atomic mass is 16.7. The molecule has 158 valence electrons. The number of nitrogens with zero attached hydrogens (tertiary/aromatic N) is 1. The molecule has 1 heterocycles. The van der Waals surface area contributed by atoms with Gasteiger partial charge >= 0.3 is 13.1 Å². The number of nitro groups is 1. The molecule has 2 amide bonds. The monoisotopic (exact) mass is 413 g/mol. The maximum atomic E-state index is 12.5. The van der Waals surface area contributed by atoms with Crippen molar-refractivity contribution in [1.29, 1.82) is 0 Å². The van der Waals surface area contributed by atoms with Crippen LogP contribution >= 0.6 is 0 Å². The van der Waals surface area contributed by atoms with Gasteiger partial charge < -0.3 is 24.7 Å². The van der Waals surface area contributed by atoms with Crippen molar-refractivity contribution in [2.45, 2.75) is 38.9 Å². The van der Waals surface area contributed by atoms with Gasteiger partial charge in [0.05, 0.1) is 28.9 Å². The Morgan fingerprint density at radius 1 is 1.07 bits per heavy atom. The average Bonchev–Trinajstić information content (AvgIpc) is 2.89. The van der Waals surface area contributed by atoms with Crippen molar-refractivity contribution >= 4 is 35.7 Å². The van der Waals surface area contributed by atoms with Crippen molar-refractivity contribution in [3.8, 4) is 5.75 Å². The zero-order valence-electron chi connectivity index (χ0n) is 17.5. The van der Waals surface area contributed by atoms with E-state index in [0.29, 0.717) is 11.4 Å². The van der Waals surface area contributed by atoms with Crippen molar-refractivity contribution in [1.82, 2.24) is 0 Å². The minimum atomic E-state index is -0.570. The Labute approximate surface area is 175 Å². The van der Waals surface area contributed by atoms with Crippen LogP contribution in [0.4, 0.5) is 21.9 Å². The molecule has 1 saturated heterocycles. The van der Waals surface area contributed by atoms with Gasteiger partial charge in [0.2, 0.25) is 0 Å². The minimum absolute atomic E-state index is 0.158. The van der Waals surface area contributed by atoms with Crippen LogP contribution in [0, 0.1) is 10.1 Å². The first-order chi connectivity index (χ1) is 14.0. The summed E-state index contributed by atoms with van der Waals surface area (Å²) in [5.74, 6) is 0.307. The van der Waals surface area contributed by atoms with Gasteiger partial charge in [0.15, 0.2) is 0 Å². The molecule has 1 aliphatic rings. The molecule has 2 aromatic carbocycles. The first-order valence-electron chi connectivity index (χ1n) is 9.38. The molecule has 0 radical (unpaired) electrons. The Morgan fingerprint density at radius 3 is 2.33 bits per heavy atom. The lowest BCUT2D eigenvalue weighted by Gasteiger charge is -2.32. The van der Waals surface area contributed by atoms with Crippen LogP contribution in [0.5, 0.6) is 5.75 Å². The van der Waals surface area contributed by atoms with Gasteiger partial charge in [0.25, 0.3) is 5.69 Å². The number of benzene rings is 2. The van der Waals surface area contributed by atoms with Crippen LogP contribution < -0.4 is 20.8 Å². The summed E-state index contributed by atoms with van der Waals surface area (Å²) in [6.07, 6.45) is 0. The molecular formula is C20H24BN3O6. The van der Waals surface area contributed by atoms with E-state index in [0.717, 1.165) is 5.46 Å². The van der Waals surface area contributed by atoms with E-state index in [9.17, 15) is 14.9 Å². The minimum Gasteiger partial charge on any atom is -0.495 e. The molecule has 0 saturated carbocycles. The Hall–Kier alpha value is -3.11. The smallest absolute Gasteiger partial charge is 0.494 e. The maximum Gasteiger partial charge on any atom is 0.494 e. The molecule has 1 aliphatic heterocycles. The first kappa shape index (κ1) is 21.6. The molecule has 0 aromatic heterocycles. The Balaban J connectivity index is 1.74. The predicted octanol–water partition coefficient (Wildman–Crippen LogP) is 3.55. The van der Waals surface area contributed by atoms with Gasteiger partial charge in [0, 0.05) is 17.8 Å². The summed E-state index contributed by atoms with van der Waals surface area (Å²) in [4.78, 5) is 22.9. The number of carbonyl (C=O) groups is 1. The molecule has 0 bridgehead atoms. The number of hydrogen-bond acceptors (Lipinski definition) is 6. The number of non-ortho nitro benzene ring substituents is 1. The number of methoxy groups -OCH3 is 1. The van der Waals surface area contributed by atoms with E-state index < -0.39 is 29.3 Å². The second-order valence-electron chi connectivity index (χ2n) is 7.93. The molecule has 2 aromatic rings. The zero-order valence-corrected chi connectivity index (χ0v) is 17.5. The first-order valence-corrected chi connectivity index (χ1v) is 9.38. The number of urea groups is 1. The molecule has 0 unspecified atom stereocenters. The zero-order chi connectivity index (χ0) is 22.1. The van der Waals surface area contributed by atoms with Gasteiger partial charge in [-0.05, 0) is 51.4 Å². The molecule has 2 N–H and O–H groups in total. The largest absolute Gasteiger partial charge is 0.495 e. The van der Waals surface area contributed by atoms with Crippen molar-refractivity contribution in [3.63, 3.8) is 0 Å². The number of carbonyl (C=O) groups excluding carboxylic acids is 1. The Kier molecular flexibility index (Phi) is 5.73. The van der Waals surface area contributed by atoms with E-state index in [-0.39, 0.29) is 11.4 Å². The molecule has 10 heteroatoms. The van der Waals surface area contributed by atoms with Crippen molar-refractivity contribution in [2.24, 2.45) is 0 Å². The van der Waals surface area contributed by atoms with Crippen LogP contribution in [0.2, 0.25) is 0 Å². The quantitative estimate of drug-likeness (QED) is 0.441. The third-order valence-corrected chi connectivity index (χ3v) is 5.31. The van der Waals surface area contributed by atoms with Crippen molar-refractivity contribution in [2.75, 3.05) is 17.7 Å². The van der Waals surface area contributed by atoms with Gasteiger partial charge in [-0.2, -0.15) is 0 Å². The molecule has 1 fully saturated rings. The fourth-order valence-corrected chi connectivity index (χ4v) is 2.93. The number of nitrogens with one attached hydrogen (secondary N) is 2. The van der Waals surface area contributed by atoms with Crippen molar-refractivity contribution < 1.29 is 23.8 Å². The molecule has 9 nitrogen and oxygen atoms in total. The van der Waals surface area contributed by atoms with E-state index in [4.69, 9.17) is 14.0 Å². The van der Waals surface area contributed by atoms with E-state index >= 15 is 0 Å². The number of amides is 2. The van der Waals surface area contributed by atoms with Crippen LogP contribution in [0.25, 0.3) is 0 Å². The lowest BCUT2D eigenvalue weighted by atomic mass is 9.79. The third-order valence-electron chi connectivity index (χ3n) is 5.31. The lowest BCUT2D eigenvalue weighted by molar-refractivity contribution is -0.384. The predicted molar refractivity (Wildman–Crippen MR) is 114 cm³/mol. The summed E-state index contributed by atoms with van der Waals surface area (Å²) < 4.78 is 17.2. The molecule has 30 heavy (non-hydrogen) atoms. The SMILES string of the molecule is COc1ccc([N+](=O)[O-])cc1NC(=O)Nc1cccc(B2OC(C)(C)C(C)(C)O2)c1. The summed E-state index contributed by atoms with van der Waals surface area (Å²) in [5.41, 5.74) is 0.359. The molecule has 0 atom stereocenters. The van der Waals surface area contributed by atoms with E-state index in [1.54, 1.807) is 18.2 Å². The fourth-order valence-electron chi connectivity index (χ4n) is 2.93. The topological polar surface area (TPSA) is 112 Å². The van der Waals surface area contributed by atoms with Gasteiger partial charge in [-0.25, -0.2) is 4.79 Å². The fraction of sp³-hybridized carbons (Fsp3) is 0.350. The molecule has 0 aliphatic carbocycles. The summed E-state index contributed by atoms with van der Waals surface area (Å²) in [6, 6.07) is 10.5. The van der Waals surface area contributed by atoms with Crippen molar-refractivity contribution in [3.05, 3.63) is 52.6 Å². The Bertz CT molecular complexity index is 963.